The lowest BCUT2D eigenvalue weighted by Gasteiger charge is -2.17. The first-order valence-electron chi connectivity index (χ1n) is 5.92. The highest BCUT2D eigenvalue weighted by atomic mass is 16.2. The van der Waals surface area contributed by atoms with Crippen LogP contribution in [0.15, 0.2) is 48.7 Å². The number of carbonyl (C=O) groups is 1. The fraction of sp³-hybridized carbons (Fsp3) is 0.143. The van der Waals surface area contributed by atoms with E-state index >= 15 is 0 Å². The third-order valence-electron chi connectivity index (χ3n) is 3.03. The Morgan fingerprint density at radius 1 is 1.17 bits per heavy atom. The number of pyridine rings is 1. The summed E-state index contributed by atoms with van der Waals surface area (Å²) in [6.45, 7) is 0.720. The number of aromatic nitrogens is 1. The van der Waals surface area contributed by atoms with Crippen LogP contribution in [-0.2, 0) is 6.42 Å². The quantitative estimate of drug-likeness (QED) is 0.831. The molecule has 18 heavy (non-hydrogen) atoms. The second-order valence-corrected chi connectivity index (χ2v) is 4.18. The van der Waals surface area contributed by atoms with Crippen LogP contribution >= 0.6 is 0 Å². The molecular weight excluding hydrogens is 226 g/mol. The molecule has 0 bridgehead atoms. The summed E-state index contributed by atoms with van der Waals surface area (Å²) in [7, 11) is 0. The van der Waals surface area contributed by atoms with Gasteiger partial charge in [0.25, 0.3) is 0 Å². The maximum atomic E-state index is 12.2. The molecule has 0 aliphatic carbocycles. The third-order valence-corrected chi connectivity index (χ3v) is 3.03. The summed E-state index contributed by atoms with van der Waals surface area (Å²) < 4.78 is 0. The molecule has 1 aliphatic rings. The summed E-state index contributed by atoms with van der Waals surface area (Å²) in [4.78, 5) is 18.0. The lowest BCUT2D eigenvalue weighted by atomic mass is 10.2. The van der Waals surface area contributed by atoms with Crippen LogP contribution in [0.25, 0.3) is 0 Å². The first-order valence-corrected chi connectivity index (χ1v) is 5.92. The molecular formula is C14H13N3O. The summed E-state index contributed by atoms with van der Waals surface area (Å²) in [5, 5.41) is 2.80. The molecule has 0 spiro atoms. The van der Waals surface area contributed by atoms with E-state index in [1.165, 1.54) is 5.56 Å². The van der Waals surface area contributed by atoms with Gasteiger partial charge in [-0.1, -0.05) is 24.3 Å². The fourth-order valence-electron chi connectivity index (χ4n) is 2.16. The van der Waals surface area contributed by atoms with Crippen LogP contribution in [0.4, 0.5) is 16.3 Å². The Bertz CT molecular complexity index is 568. The number of carbonyl (C=O) groups excluding carboxylic acids is 1. The van der Waals surface area contributed by atoms with E-state index in [1.807, 2.05) is 30.3 Å². The van der Waals surface area contributed by atoms with Crippen LogP contribution < -0.4 is 10.2 Å². The van der Waals surface area contributed by atoms with Crippen LogP contribution in [0.2, 0.25) is 0 Å². The molecule has 3 rings (SSSR count). The Morgan fingerprint density at radius 2 is 2.00 bits per heavy atom. The summed E-state index contributed by atoms with van der Waals surface area (Å²) >= 11 is 0. The Balaban J connectivity index is 1.79. The van der Waals surface area contributed by atoms with Gasteiger partial charge in [0.05, 0.1) is 0 Å². The molecule has 4 heteroatoms. The molecule has 2 heterocycles. The van der Waals surface area contributed by atoms with Crippen molar-refractivity contribution in [3.8, 4) is 0 Å². The standard InChI is InChI=1S/C14H13N3O/c18-14(16-13-7-3-4-9-15-13)17-10-8-11-5-1-2-6-12(11)17/h1-7,9H,8,10H2,(H,15,16,18). The largest absolute Gasteiger partial charge is 0.327 e. The maximum Gasteiger partial charge on any atom is 0.327 e. The molecule has 0 saturated heterocycles. The number of para-hydroxylation sites is 1. The van der Waals surface area contributed by atoms with Gasteiger partial charge in [-0.2, -0.15) is 0 Å². The lowest BCUT2D eigenvalue weighted by Crippen LogP contribution is -2.33. The van der Waals surface area contributed by atoms with Gasteiger partial charge < -0.3 is 0 Å². The van der Waals surface area contributed by atoms with E-state index in [9.17, 15) is 4.79 Å². The highest BCUT2D eigenvalue weighted by Gasteiger charge is 2.24. The molecule has 4 nitrogen and oxygen atoms in total. The Kier molecular flexibility index (Phi) is 2.68. The Morgan fingerprint density at radius 3 is 2.83 bits per heavy atom. The molecule has 1 aromatic heterocycles. The van der Waals surface area contributed by atoms with Crippen LogP contribution in [0, 0.1) is 0 Å². The van der Waals surface area contributed by atoms with Crippen molar-refractivity contribution in [1.29, 1.82) is 0 Å². The van der Waals surface area contributed by atoms with Crippen molar-refractivity contribution in [2.75, 3.05) is 16.8 Å². The number of benzene rings is 1. The molecule has 0 atom stereocenters. The van der Waals surface area contributed by atoms with Gasteiger partial charge in [0.2, 0.25) is 0 Å². The zero-order valence-corrected chi connectivity index (χ0v) is 9.84. The molecule has 1 aromatic carbocycles. The van der Waals surface area contributed by atoms with E-state index in [1.54, 1.807) is 17.2 Å². The highest BCUT2D eigenvalue weighted by molar-refractivity contribution is 6.02. The number of hydrogen-bond donors (Lipinski definition) is 1. The molecule has 1 N–H and O–H groups in total. The third kappa shape index (κ3) is 1.93. The van der Waals surface area contributed by atoms with Gasteiger partial charge in [-0.25, -0.2) is 9.78 Å². The van der Waals surface area contributed by atoms with Crippen molar-refractivity contribution < 1.29 is 4.79 Å². The van der Waals surface area contributed by atoms with Gasteiger partial charge in [-0.15, -0.1) is 0 Å². The van der Waals surface area contributed by atoms with Crippen LogP contribution in [0.5, 0.6) is 0 Å². The van der Waals surface area contributed by atoms with Crippen molar-refractivity contribution in [1.82, 2.24) is 4.98 Å². The normalized spacial score (nSPS) is 13.2. The summed E-state index contributed by atoms with van der Waals surface area (Å²) in [5.41, 5.74) is 2.21. The zero-order chi connectivity index (χ0) is 12.4. The van der Waals surface area contributed by atoms with E-state index in [-0.39, 0.29) is 6.03 Å². The van der Waals surface area contributed by atoms with Gasteiger partial charge in [-0.05, 0) is 30.2 Å². The van der Waals surface area contributed by atoms with Gasteiger partial charge >= 0.3 is 6.03 Å². The van der Waals surface area contributed by atoms with E-state index in [0.29, 0.717) is 5.82 Å². The minimum atomic E-state index is -0.126. The molecule has 2 aromatic rings. The maximum absolute atomic E-state index is 12.2. The predicted octanol–water partition coefficient (Wildman–Crippen LogP) is 2.68. The van der Waals surface area contributed by atoms with Crippen molar-refractivity contribution in [2.24, 2.45) is 0 Å². The van der Waals surface area contributed by atoms with Gasteiger partial charge in [0.15, 0.2) is 0 Å². The molecule has 0 fully saturated rings. The van der Waals surface area contributed by atoms with Crippen LogP contribution in [0.1, 0.15) is 5.56 Å². The SMILES string of the molecule is O=C(Nc1ccccn1)N1CCc2ccccc21. The number of urea groups is 1. The van der Waals surface area contributed by atoms with E-state index in [0.717, 1.165) is 18.7 Å². The van der Waals surface area contributed by atoms with Gasteiger partial charge in [0.1, 0.15) is 5.82 Å². The number of hydrogen-bond acceptors (Lipinski definition) is 2. The number of nitrogens with zero attached hydrogens (tertiary/aromatic N) is 2. The molecule has 0 saturated carbocycles. The summed E-state index contributed by atoms with van der Waals surface area (Å²) in [6, 6.07) is 13.3. The Hall–Kier alpha value is -2.36. The number of nitrogens with one attached hydrogen (secondary N) is 1. The van der Waals surface area contributed by atoms with Crippen molar-refractivity contribution >= 4 is 17.5 Å². The van der Waals surface area contributed by atoms with Gasteiger partial charge in [-0.3, -0.25) is 10.2 Å². The zero-order valence-electron chi connectivity index (χ0n) is 9.84. The number of amides is 2. The number of fused-ring (bicyclic) bond motifs is 1. The summed E-state index contributed by atoms with van der Waals surface area (Å²) in [6.07, 6.45) is 2.57. The van der Waals surface area contributed by atoms with Crippen molar-refractivity contribution in [2.45, 2.75) is 6.42 Å². The van der Waals surface area contributed by atoms with Crippen LogP contribution in [0.3, 0.4) is 0 Å². The average Bonchev–Trinajstić information content (AvgIpc) is 2.84. The lowest BCUT2D eigenvalue weighted by molar-refractivity contribution is 0.257. The Labute approximate surface area is 105 Å². The van der Waals surface area contributed by atoms with Crippen LogP contribution in [-0.4, -0.2) is 17.6 Å². The first kappa shape index (κ1) is 10.8. The highest BCUT2D eigenvalue weighted by Crippen LogP contribution is 2.27. The molecule has 0 radical (unpaired) electrons. The van der Waals surface area contributed by atoms with Crippen molar-refractivity contribution in [3.63, 3.8) is 0 Å². The van der Waals surface area contributed by atoms with E-state index in [4.69, 9.17) is 0 Å². The minimum Gasteiger partial charge on any atom is -0.294 e. The number of anilines is 2. The summed E-state index contributed by atoms with van der Waals surface area (Å²) in [5.74, 6) is 0.576. The fourth-order valence-corrected chi connectivity index (χ4v) is 2.16. The predicted molar refractivity (Wildman–Crippen MR) is 70.7 cm³/mol. The topological polar surface area (TPSA) is 45.2 Å². The second-order valence-electron chi connectivity index (χ2n) is 4.18. The number of rotatable bonds is 1. The smallest absolute Gasteiger partial charge is 0.294 e. The molecule has 90 valence electrons. The van der Waals surface area contributed by atoms with E-state index in [2.05, 4.69) is 16.4 Å². The average molecular weight is 239 g/mol. The second kappa shape index (κ2) is 4.49. The molecule has 1 aliphatic heterocycles. The van der Waals surface area contributed by atoms with Crippen molar-refractivity contribution in [3.05, 3.63) is 54.2 Å². The molecule has 2 amide bonds. The first-order chi connectivity index (χ1) is 8.84. The minimum absolute atomic E-state index is 0.126. The monoisotopic (exact) mass is 239 g/mol. The van der Waals surface area contributed by atoms with Gasteiger partial charge in [0, 0.05) is 18.4 Å². The molecule has 0 unspecified atom stereocenters. The van der Waals surface area contributed by atoms with E-state index < -0.39 is 0 Å².